The van der Waals surface area contributed by atoms with E-state index < -0.39 is 38.2 Å². The van der Waals surface area contributed by atoms with Crippen LogP contribution in [0.1, 0.15) is 0 Å². The summed E-state index contributed by atoms with van der Waals surface area (Å²) in [5.74, 6) is -2.87. The maximum Gasteiger partial charge on any atom is 0.264 e. The molecule has 0 aliphatic rings. The molecule has 3 aromatic rings. The molecule has 2 aromatic carbocycles. The SMILES string of the molecule is O=S(=O)(Nc1cc(F)c(Cl)cc1F)c1c[nH]c2c(F)c(Cl)ccc12. The van der Waals surface area contributed by atoms with Gasteiger partial charge in [-0.25, -0.2) is 21.6 Å². The number of anilines is 1. The summed E-state index contributed by atoms with van der Waals surface area (Å²) in [6.07, 6.45) is 1.02. The van der Waals surface area contributed by atoms with Gasteiger partial charge in [-0.05, 0) is 18.2 Å². The lowest BCUT2D eigenvalue weighted by atomic mass is 10.2. The van der Waals surface area contributed by atoms with Gasteiger partial charge in [-0.15, -0.1) is 0 Å². The summed E-state index contributed by atoms with van der Waals surface area (Å²) in [6.45, 7) is 0. The van der Waals surface area contributed by atoms with Gasteiger partial charge in [-0.2, -0.15) is 0 Å². The number of nitrogens with one attached hydrogen (secondary N) is 2. The molecule has 10 heteroatoms. The molecule has 4 nitrogen and oxygen atoms in total. The van der Waals surface area contributed by atoms with E-state index in [2.05, 4.69) is 4.98 Å². The van der Waals surface area contributed by atoms with Crippen LogP contribution in [-0.4, -0.2) is 13.4 Å². The van der Waals surface area contributed by atoms with Crippen LogP contribution in [0.5, 0.6) is 0 Å². The van der Waals surface area contributed by atoms with Crippen molar-refractivity contribution in [3.63, 3.8) is 0 Å². The van der Waals surface area contributed by atoms with E-state index in [4.69, 9.17) is 23.2 Å². The summed E-state index contributed by atoms with van der Waals surface area (Å²) < 4.78 is 67.8. The highest BCUT2D eigenvalue weighted by atomic mass is 35.5. The zero-order chi connectivity index (χ0) is 17.6. The molecule has 1 aromatic heterocycles. The average Bonchev–Trinajstić information content (AvgIpc) is 2.94. The van der Waals surface area contributed by atoms with Crippen LogP contribution in [-0.2, 0) is 10.0 Å². The highest BCUT2D eigenvalue weighted by Crippen LogP contribution is 2.31. The van der Waals surface area contributed by atoms with Crippen molar-refractivity contribution in [3.8, 4) is 0 Å². The second kappa shape index (κ2) is 5.87. The third-order valence-electron chi connectivity index (χ3n) is 3.25. The first-order valence-electron chi connectivity index (χ1n) is 6.33. The van der Waals surface area contributed by atoms with E-state index in [1.165, 1.54) is 12.1 Å². The molecule has 126 valence electrons. The van der Waals surface area contributed by atoms with Crippen molar-refractivity contribution < 1.29 is 21.6 Å². The molecular weight excluding hydrogens is 388 g/mol. The van der Waals surface area contributed by atoms with E-state index in [-0.39, 0.29) is 20.8 Å². The molecule has 0 bridgehead atoms. The fourth-order valence-electron chi connectivity index (χ4n) is 2.14. The van der Waals surface area contributed by atoms with Crippen LogP contribution in [0.25, 0.3) is 10.9 Å². The van der Waals surface area contributed by atoms with Gasteiger partial charge in [0.1, 0.15) is 16.5 Å². The Labute approximate surface area is 144 Å². The summed E-state index contributed by atoms with van der Waals surface area (Å²) >= 11 is 11.0. The fraction of sp³-hybridized carbons (Fsp3) is 0. The van der Waals surface area contributed by atoms with Crippen LogP contribution in [0.15, 0.2) is 35.4 Å². The predicted molar refractivity (Wildman–Crippen MR) is 85.4 cm³/mol. The highest BCUT2D eigenvalue weighted by molar-refractivity contribution is 7.93. The third kappa shape index (κ3) is 2.81. The summed E-state index contributed by atoms with van der Waals surface area (Å²) in [7, 11) is -4.32. The van der Waals surface area contributed by atoms with Crippen LogP contribution in [0.4, 0.5) is 18.9 Å². The van der Waals surface area contributed by atoms with Gasteiger partial charge in [0, 0.05) is 17.6 Å². The Hall–Kier alpha value is -1.90. The van der Waals surface area contributed by atoms with Gasteiger partial charge in [0.15, 0.2) is 5.82 Å². The molecule has 0 saturated carbocycles. The summed E-state index contributed by atoms with van der Waals surface area (Å²) in [4.78, 5) is 2.11. The van der Waals surface area contributed by atoms with Gasteiger partial charge in [-0.1, -0.05) is 23.2 Å². The van der Waals surface area contributed by atoms with Crippen molar-refractivity contribution in [3.05, 3.63) is 58.0 Å². The molecular formula is C14H7Cl2F3N2O2S. The van der Waals surface area contributed by atoms with Crippen molar-refractivity contribution >= 4 is 49.8 Å². The Balaban J connectivity index is 2.09. The van der Waals surface area contributed by atoms with Crippen LogP contribution < -0.4 is 4.72 Å². The second-order valence-corrected chi connectivity index (χ2v) is 7.25. The molecule has 0 aliphatic heterocycles. The summed E-state index contributed by atoms with van der Waals surface area (Å²) in [5.41, 5.74) is -0.744. The van der Waals surface area contributed by atoms with Crippen molar-refractivity contribution in [2.45, 2.75) is 4.90 Å². The molecule has 1 heterocycles. The number of halogens is 5. The number of sulfonamides is 1. The van der Waals surface area contributed by atoms with Crippen LogP contribution in [0.2, 0.25) is 10.0 Å². The Kier molecular flexibility index (Phi) is 4.15. The van der Waals surface area contributed by atoms with Gasteiger partial charge >= 0.3 is 0 Å². The minimum absolute atomic E-state index is 0.0132. The van der Waals surface area contributed by atoms with Crippen molar-refractivity contribution in [2.24, 2.45) is 0 Å². The maximum atomic E-state index is 13.9. The van der Waals surface area contributed by atoms with E-state index in [1.807, 2.05) is 4.72 Å². The van der Waals surface area contributed by atoms with Gasteiger partial charge in [0.05, 0.1) is 21.2 Å². The molecule has 0 spiro atoms. The third-order valence-corrected chi connectivity index (χ3v) is 5.24. The van der Waals surface area contributed by atoms with E-state index in [9.17, 15) is 21.6 Å². The number of rotatable bonds is 3. The summed E-state index contributed by atoms with van der Waals surface area (Å²) in [6, 6.07) is 3.74. The first-order chi connectivity index (χ1) is 11.2. The lowest BCUT2D eigenvalue weighted by molar-refractivity contribution is 0.595. The van der Waals surface area contributed by atoms with E-state index in [1.54, 1.807) is 0 Å². The lowest BCUT2D eigenvalue weighted by Crippen LogP contribution is -2.14. The minimum atomic E-state index is -4.32. The minimum Gasteiger partial charge on any atom is -0.357 e. The molecule has 0 saturated heterocycles. The Bertz CT molecular complexity index is 1070. The van der Waals surface area contributed by atoms with Crippen LogP contribution in [0.3, 0.4) is 0 Å². The normalized spacial score (nSPS) is 11.9. The number of aromatic amines is 1. The first kappa shape index (κ1) is 16.9. The Morgan fingerprint density at radius 3 is 2.42 bits per heavy atom. The molecule has 3 rings (SSSR count). The largest absolute Gasteiger partial charge is 0.357 e. The summed E-state index contributed by atoms with van der Waals surface area (Å²) in [5, 5.41) is -0.662. The molecule has 0 amide bonds. The highest BCUT2D eigenvalue weighted by Gasteiger charge is 2.23. The fourth-order valence-corrected chi connectivity index (χ4v) is 3.67. The average molecular weight is 395 g/mol. The Morgan fingerprint density at radius 2 is 1.71 bits per heavy atom. The van der Waals surface area contributed by atoms with E-state index in [0.29, 0.717) is 12.1 Å². The number of H-pyrrole nitrogens is 1. The van der Waals surface area contributed by atoms with E-state index in [0.717, 1.165) is 6.20 Å². The molecule has 24 heavy (non-hydrogen) atoms. The molecule has 0 unspecified atom stereocenters. The number of hydrogen-bond acceptors (Lipinski definition) is 2. The smallest absolute Gasteiger partial charge is 0.264 e. The standard InChI is InChI=1S/C14H7Cl2F3N2O2S/c15-7-2-1-6-12(5-20-14(6)13(7)19)24(22,23)21-11-4-9(17)8(16)3-10(11)18/h1-5,20-21H. The van der Waals surface area contributed by atoms with Crippen molar-refractivity contribution in [1.82, 2.24) is 4.98 Å². The Morgan fingerprint density at radius 1 is 1.00 bits per heavy atom. The topological polar surface area (TPSA) is 62.0 Å². The number of benzene rings is 2. The zero-order valence-electron chi connectivity index (χ0n) is 11.5. The lowest BCUT2D eigenvalue weighted by Gasteiger charge is -2.09. The predicted octanol–water partition coefficient (Wildman–Crippen LogP) is 4.69. The van der Waals surface area contributed by atoms with E-state index >= 15 is 0 Å². The zero-order valence-corrected chi connectivity index (χ0v) is 13.8. The number of hydrogen-bond donors (Lipinski definition) is 2. The molecule has 0 atom stereocenters. The number of fused-ring (bicyclic) bond motifs is 1. The second-order valence-electron chi connectivity index (χ2n) is 4.79. The molecule has 2 N–H and O–H groups in total. The van der Waals surface area contributed by atoms with Crippen molar-refractivity contribution in [2.75, 3.05) is 4.72 Å². The number of aromatic nitrogens is 1. The van der Waals surface area contributed by atoms with Crippen molar-refractivity contribution in [1.29, 1.82) is 0 Å². The van der Waals surface area contributed by atoms with Gasteiger partial charge in [0.25, 0.3) is 10.0 Å². The molecule has 0 fully saturated rings. The first-order valence-corrected chi connectivity index (χ1v) is 8.57. The van der Waals surface area contributed by atoms with Crippen LogP contribution >= 0.6 is 23.2 Å². The molecule has 0 radical (unpaired) electrons. The quantitative estimate of drug-likeness (QED) is 0.632. The monoisotopic (exact) mass is 394 g/mol. The van der Waals surface area contributed by atoms with Crippen LogP contribution in [0, 0.1) is 17.5 Å². The molecule has 0 aliphatic carbocycles. The van der Waals surface area contributed by atoms with Gasteiger partial charge in [-0.3, -0.25) is 4.72 Å². The van der Waals surface area contributed by atoms with Gasteiger partial charge in [0.2, 0.25) is 0 Å². The van der Waals surface area contributed by atoms with Gasteiger partial charge < -0.3 is 4.98 Å². The maximum absolute atomic E-state index is 13.9.